The van der Waals surface area contributed by atoms with Gasteiger partial charge in [0.05, 0.1) is 18.8 Å². The summed E-state index contributed by atoms with van der Waals surface area (Å²) in [6.45, 7) is 2.12. The van der Waals surface area contributed by atoms with Crippen LogP contribution in [-0.2, 0) is 11.2 Å². The number of hydrogen-bond donors (Lipinski definition) is 3. The molecular formula is C21H24F2N2O3. The second kappa shape index (κ2) is 9.12. The monoisotopic (exact) mass is 390 g/mol. The molecule has 1 amide bonds. The lowest BCUT2D eigenvalue weighted by Crippen LogP contribution is -2.48. The van der Waals surface area contributed by atoms with Gasteiger partial charge in [0.15, 0.2) is 0 Å². The Hall–Kier alpha value is -2.51. The van der Waals surface area contributed by atoms with Crippen LogP contribution in [0.3, 0.4) is 0 Å². The molecule has 150 valence electrons. The van der Waals surface area contributed by atoms with Gasteiger partial charge >= 0.3 is 0 Å². The van der Waals surface area contributed by atoms with Gasteiger partial charge in [-0.1, -0.05) is 18.2 Å². The number of aliphatic hydroxyl groups excluding tert-OH is 1. The molecule has 0 spiro atoms. The summed E-state index contributed by atoms with van der Waals surface area (Å²) in [5.74, 6) is -0.891. The lowest BCUT2D eigenvalue weighted by atomic mass is 9.98. The topological polar surface area (TPSA) is 70.6 Å². The van der Waals surface area contributed by atoms with Gasteiger partial charge in [-0.3, -0.25) is 4.79 Å². The molecule has 5 nitrogen and oxygen atoms in total. The molecular weight excluding hydrogens is 366 g/mol. The van der Waals surface area contributed by atoms with Crippen LogP contribution in [-0.4, -0.2) is 36.3 Å². The summed E-state index contributed by atoms with van der Waals surface area (Å²) in [5.41, 5.74) is 1.39. The van der Waals surface area contributed by atoms with E-state index >= 15 is 0 Å². The fourth-order valence-electron chi connectivity index (χ4n) is 3.49. The number of fused-ring (bicyclic) bond motifs is 1. The van der Waals surface area contributed by atoms with E-state index in [1.54, 1.807) is 0 Å². The number of benzene rings is 2. The Labute approximate surface area is 162 Å². The number of carbonyl (C=O) groups excluding carboxylic acids is 1. The first-order valence-corrected chi connectivity index (χ1v) is 9.27. The Kier molecular flexibility index (Phi) is 6.59. The van der Waals surface area contributed by atoms with E-state index < -0.39 is 23.8 Å². The zero-order chi connectivity index (χ0) is 20.1. The van der Waals surface area contributed by atoms with Gasteiger partial charge in [0.1, 0.15) is 17.4 Å². The third kappa shape index (κ3) is 5.27. The van der Waals surface area contributed by atoms with E-state index in [0.29, 0.717) is 12.2 Å². The summed E-state index contributed by atoms with van der Waals surface area (Å²) >= 11 is 0. The molecule has 0 radical (unpaired) electrons. The van der Waals surface area contributed by atoms with Crippen molar-refractivity contribution in [1.29, 1.82) is 0 Å². The van der Waals surface area contributed by atoms with E-state index in [4.69, 9.17) is 4.74 Å². The Balaban J connectivity index is 1.66. The first-order chi connectivity index (χ1) is 13.4. The van der Waals surface area contributed by atoms with Crippen LogP contribution >= 0.6 is 0 Å². The molecule has 3 rings (SSSR count). The van der Waals surface area contributed by atoms with Gasteiger partial charge in [-0.15, -0.1) is 0 Å². The summed E-state index contributed by atoms with van der Waals surface area (Å²) in [6, 6.07) is 10.2. The minimum Gasteiger partial charge on any atom is -0.493 e. The predicted octanol–water partition coefficient (Wildman–Crippen LogP) is 2.49. The zero-order valence-electron chi connectivity index (χ0n) is 15.6. The quantitative estimate of drug-likeness (QED) is 0.679. The molecule has 0 saturated carbocycles. The fourth-order valence-corrected chi connectivity index (χ4v) is 3.49. The number of hydrogen-bond acceptors (Lipinski definition) is 4. The number of carbonyl (C=O) groups is 1. The highest BCUT2D eigenvalue weighted by atomic mass is 19.1. The highest BCUT2D eigenvalue weighted by molar-refractivity contribution is 5.73. The first kappa shape index (κ1) is 20.2. The van der Waals surface area contributed by atoms with Gasteiger partial charge in [-0.2, -0.15) is 0 Å². The molecule has 1 heterocycles. The Morgan fingerprint density at radius 3 is 2.68 bits per heavy atom. The molecule has 3 N–H and O–H groups in total. The highest BCUT2D eigenvalue weighted by Crippen LogP contribution is 2.31. The molecule has 1 aliphatic heterocycles. The molecule has 1 aliphatic rings. The zero-order valence-corrected chi connectivity index (χ0v) is 15.6. The van der Waals surface area contributed by atoms with Crippen molar-refractivity contribution in [1.82, 2.24) is 10.6 Å². The third-order valence-corrected chi connectivity index (χ3v) is 4.76. The van der Waals surface area contributed by atoms with Crippen LogP contribution < -0.4 is 15.4 Å². The van der Waals surface area contributed by atoms with E-state index in [0.717, 1.165) is 23.8 Å². The third-order valence-electron chi connectivity index (χ3n) is 4.76. The van der Waals surface area contributed by atoms with Crippen molar-refractivity contribution in [2.75, 3.05) is 13.2 Å². The predicted molar refractivity (Wildman–Crippen MR) is 101 cm³/mol. The molecule has 0 bridgehead atoms. The van der Waals surface area contributed by atoms with E-state index in [9.17, 15) is 18.7 Å². The van der Waals surface area contributed by atoms with Crippen LogP contribution in [0.25, 0.3) is 0 Å². The highest BCUT2D eigenvalue weighted by Gasteiger charge is 2.25. The van der Waals surface area contributed by atoms with E-state index in [1.165, 1.54) is 19.1 Å². The van der Waals surface area contributed by atoms with Gasteiger partial charge in [0.25, 0.3) is 0 Å². The smallest absolute Gasteiger partial charge is 0.217 e. The molecule has 0 saturated heterocycles. The van der Waals surface area contributed by atoms with Gasteiger partial charge < -0.3 is 20.5 Å². The second-order valence-electron chi connectivity index (χ2n) is 6.99. The summed E-state index contributed by atoms with van der Waals surface area (Å²) in [6.07, 6.45) is -0.0734. The molecule has 0 fully saturated rings. The molecule has 28 heavy (non-hydrogen) atoms. The maximum Gasteiger partial charge on any atom is 0.217 e. The molecule has 0 aliphatic carbocycles. The van der Waals surface area contributed by atoms with Crippen LogP contribution in [0.1, 0.15) is 30.5 Å². The molecule has 1 unspecified atom stereocenters. The van der Waals surface area contributed by atoms with Crippen molar-refractivity contribution in [3.05, 3.63) is 65.2 Å². The van der Waals surface area contributed by atoms with E-state index in [-0.39, 0.29) is 24.9 Å². The van der Waals surface area contributed by atoms with Crippen molar-refractivity contribution in [2.45, 2.75) is 38.0 Å². The van der Waals surface area contributed by atoms with Crippen molar-refractivity contribution in [2.24, 2.45) is 0 Å². The SMILES string of the molecule is CC(=O)N[C@@H](Cc1cc(F)cc(F)c1)[C@@H](O)CNC1CCOc2ccccc21. The van der Waals surface area contributed by atoms with Crippen molar-refractivity contribution >= 4 is 5.91 Å². The van der Waals surface area contributed by atoms with Gasteiger partial charge in [-0.25, -0.2) is 8.78 Å². The van der Waals surface area contributed by atoms with Crippen LogP contribution in [0, 0.1) is 11.6 Å². The fraction of sp³-hybridized carbons (Fsp3) is 0.381. The van der Waals surface area contributed by atoms with E-state index in [2.05, 4.69) is 10.6 Å². The van der Waals surface area contributed by atoms with E-state index in [1.807, 2.05) is 24.3 Å². The van der Waals surface area contributed by atoms with Gasteiger partial charge in [-0.05, 0) is 30.2 Å². The van der Waals surface area contributed by atoms with Gasteiger partial charge in [0, 0.05) is 37.6 Å². The van der Waals surface area contributed by atoms with Crippen molar-refractivity contribution in [3.63, 3.8) is 0 Å². The number of amides is 1. The van der Waals surface area contributed by atoms with Crippen LogP contribution in [0.2, 0.25) is 0 Å². The number of para-hydroxylation sites is 1. The van der Waals surface area contributed by atoms with Crippen LogP contribution in [0.5, 0.6) is 5.75 Å². The van der Waals surface area contributed by atoms with Crippen molar-refractivity contribution in [3.8, 4) is 5.75 Å². The molecule has 3 atom stereocenters. The average Bonchev–Trinajstić information content (AvgIpc) is 2.64. The normalized spacial score (nSPS) is 17.9. The molecule has 2 aromatic rings. The van der Waals surface area contributed by atoms with Crippen molar-refractivity contribution < 1.29 is 23.4 Å². The number of nitrogens with one attached hydrogen (secondary N) is 2. The van der Waals surface area contributed by atoms with Gasteiger partial charge in [0.2, 0.25) is 5.91 Å². The van der Waals surface area contributed by atoms with Crippen LogP contribution in [0.15, 0.2) is 42.5 Å². The lowest BCUT2D eigenvalue weighted by Gasteiger charge is -2.30. The number of aliphatic hydroxyl groups is 1. The minimum absolute atomic E-state index is 0.0178. The Bertz CT molecular complexity index is 811. The second-order valence-corrected chi connectivity index (χ2v) is 6.99. The molecule has 2 aromatic carbocycles. The summed E-state index contributed by atoms with van der Waals surface area (Å²) in [7, 11) is 0. The molecule has 7 heteroatoms. The number of ether oxygens (including phenoxy) is 1. The molecule has 0 aromatic heterocycles. The minimum atomic E-state index is -0.940. The average molecular weight is 390 g/mol. The largest absolute Gasteiger partial charge is 0.493 e. The Morgan fingerprint density at radius 2 is 1.96 bits per heavy atom. The lowest BCUT2D eigenvalue weighted by molar-refractivity contribution is -0.120. The summed E-state index contributed by atoms with van der Waals surface area (Å²) < 4.78 is 32.6. The maximum atomic E-state index is 13.5. The number of rotatable bonds is 7. The Morgan fingerprint density at radius 1 is 1.25 bits per heavy atom. The number of halogens is 2. The first-order valence-electron chi connectivity index (χ1n) is 9.27. The van der Waals surface area contributed by atoms with Crippen LogP contribution in [0.4, 0.5) is 8.78 Å². The summed E-state index contributed by atoms with van der Waals surface area (Å²) in [4.78, 5) is 11.5. The maximum absolute atomic E-state index is 13.5. The standard InChI is InChI=1S/C21H24F2N2O3/c1-13(26)25-19(10-14-8-15(22)11-16(23)9-14)20(27)12-24-18-6-7-28-21-5-3-2-4-17(18)21/h2-5,8-9,11,18-20,24,27H,6-7,10,12H2,1H3,(H,25,26)/t18?,19-,20-/m0/s1. The summed E-state index contributed by atoms with van der Waals surface area (Å²) in [5, 5.41) is 16.6.